The van der Waals surface area contributed by atoms with Crippen LogP contribution in [-0.4, -0.2) is 27.0 Å². The van der Waals surface area contributed by atoms with Crippen LogP contribution >= 0.6 is 0 Å². The van der Waals surface area contributed by atoms with Gasteiger partial charge in [0.2, 0.25) is 11.8 Å². The van der Waals surface area contributed by atoms with Crippen LogP contribution in [0.5, 0.6) is 5.88 Å². The summed E-state index contributed by atoms with van der Waals surface area (Å²) in [5.74, 6) is 1.44. The van der Waals surface area contributed by atoms with Gasteiger partial charge in [-0.25, -0.2) is 9.97 Å². The molecule has 2 aromatic heterocycles. The average molecular weight is 286 g/mol. The van der Waals surface area contributed by atoms with Crippen molar-refractivity contribution in [3.05, 3.63) is 42.1 Å². The summed E-state index contributed by atoms with van der Waals surface area (Å²) in [5, 5.41) is 3.02. The molecule has 1 atom stereocenters. The molecule has 1 amide bonds. The Labute approximate surface area is 123 Å². The van der Waals surface area contributed by atoms with Crippen LogP contribution in [0, 0.1) is 0 Å². The van der Waals surface area contributed by atoms with E-state index in [1.807, 2.05) is 25.3 Å². The number of nitrogens with one attached hydrogen (secondary N) is 1. The molecule has 0 saturated heterocycles. The van der Waals surface area contributed by atoms with Gasteiger partial charge in [-0.3, -0.25) is 4.79 Å². The highest BCUT2D eigenvalue weighted by molar-refractivity contribution is 5.78. The van der Waals surface area contributed by atoms with Gasteiger partial charge >= 0.3 is 0 Å². The molecule has 0 saturated carbocycles. The lowest BCUT2D eigenvalue weighted by Crippen LogP contribution is -2.29. The minimum Gasteiger partial charge on any atom is -0.478 e. The Bertz CT molecular complexity index is 638. The van der Waals surface area contributed by atoms with Gasteiger partial charge in [0, 0.05) is 25.0 Å². The van der Waals surface area contributed by atoms with Crippen molar-refractivity contribution in [1.82, 2.24) is 19.9 Å². The molecule has 0 spiro atoms. The van der Waals surface area contributed by atoms with Gasteiger partial charge in [-0.05, 0) is 19.4 Å². The largest absolute Gasteiger partial charge is 0.478 e. The molecule has 110 valence electrons. The van der Waals surface area contributed by atoms with E-state index in [-0.39, 0.29) is 18.4 Å². The Balaban J connectivity index is 1.61. The maximum atomic E-state index is 12.1. The highest BCUT2D eigenvalue weighted by Gasteiger charge is 2.24. The molecule has 0 radical (unpaired) electrons. The summed E-state index contributed by atoms with van der Waals surface area (Å²) in [5.41, 5.74) is 0.708. The second kappa shape index (κ2) is 5.95. The van der Waals surface area contributed by atoms with Crippen molar-refractivity contribution in [2.24, 2.45) is 0 Å². The number of imidazole rings is 1. The maximum Gasteiger partial charge on any atom is 0.226 e. The number of aromatic nitrogens is 3. The molecular formula is C15H18N4O2. The normalized spacial score (nSPS) is 16.5. The van der Waals surface area contributed by atoms with Crippen molar-refractivity contribution >= 4 is 5.91 Å². The van der Waals surface area contributed by atoms with Crippen LogP contribution in [0.1, 0.15) is 30.9 Å². The summed E-state index contributed by atoms with van der Waals surface area (Å²) < 4.78 is 7.41. The first-order valence-corrected chi connectivity index (χ1v) is 7.15. The molecule has 1 aliphatic heterocycles. The third-order valence-corrected chi connectivity index (χ3v) is 3.47. The number of fused-ring (bicyclic) bond motifs is 1. The summed E-state index contributed by atoms with van der Waals surface area (Å²) in [4.78, 5) is 20.7. The zero-order valence-corrected chi connectivity index (χ0v) is 12.0. The van der Waals surface area contributed by atoms with Crippen LogP contribution in [0.4, 0.5) is 0 Å². The fourth-order valence-electron chi connectivity index (χ4n) is 2.55. The summed E-state index contributed by atoms with van der Waals surface area (Å²) >= 11 is 0. The average Bonchev–Trinajstić information content (AvgIpc) is 3.05. The highest BCUT2D eigenvalue weighted by Crippen LogP contribution is 2.23. The molecule has 6 nitrogen and oxygen atoms in total. The fraction of sp³-hybridized carbons (Fsp3) is 0.400. The SMILES string of the molecule is CCOc1cccc(CC(=O)NC2CCn3ccnc32)n1. The quantitative estimate of drug-likeness (QED) is 0.904. The number of hydrogen-bond acceptors (Lipinski definition) is 4. The van der Waals surface area contributed by atoms with Crippen molar-refractivity contribution < 1.29 is 9.53 Å². The van der Waals surface area contributed by atoms with E-state index < -0.39 is 0 Å². The van der Waals surface area contributed by atoms with E-state index in [0.717, 1.165) is 18.8 Å². The van der Waals surface area contributed by atoms with E-state index in [4.69, 9.17) is 4.74 Å². The summed E-state index contributed by atoms with van der Waals surface area (Å²) in [7, 11) is 0. The maximum absolute atomic E-state index is 12.1. The van der Waals surface area contributed by atoms with Gasteiger partial charge in [0.25, 0.3) is 0 Å². The second-order valence-electron chi connectivity index (χ2n) is 4.96. The van der Waals surface area contributed by atoms with Gasteiger partial charge in [-0.2, -0.15) is 0 Å². The molecule has 0 aliphatic carbocycles. The lowest BCUT2D eigenvalue weighted by molar-refractivity contribution is -0.121. The molecule has 0 aromatic carbocycles. The van der Waals surface area contributed by atoms with Crippen LogP contribution in [-0.2, 0) is 17.8 Å². The van der Waals surface area contributed by atoms with Crippen molar-refractivity contribution in [2.75, 3.05) is 6.61 Å². The van der Waals surface area contributed by atoms with Gasteiger partial charge < -0.3 is 14.6 Å². The number of carbonyl (C=O) groups excluding carboxylic acids is 1. The first-order chi connectivity index (χ1) is 10.3. The number of aryl methyl sites for hydroxylation is 1. The molecule has 3 heterocycles. The zero-order chi connectivity index (χ0) is 14.7. The molecule has 0 bridgehead atoms. The molecule has 2 aromatic rings. The van der Waals surface area contributed by atoms with Gasteiger partial charge in [-0.15, -0.1) is 0 Å². The van der Waals surface area contributed by atoms with E-state index in [0.29, 0.717) is 18.2 Å². The minimum atomic E-state index is -0.0439. The zero-order valence-electron chi connectivity index (χ0n) is 12.0. The van der Waals surface area contributed by atoms with Crippen LogP contribution in [0.25, 0.3) is 0 Å². The van der Waals surface area contributed by atoms with Crippen LogP contribution in [0.3, 0.4) is 0 Å². The molecular weight excluding hydrogens is 268 g/mol. The van der Waals surface area contributed by atoms with Crippen LogP contribution in [0.15, 0.2) is 30.6 Å². The van der Waals surface area contributed by atoms with Gasteiger partial charge in [-0.1, -0.05) is 6.07 Å². The number of amides is 1. The van der Waals surface area contributed by atoms with Gasteiger partial charge in [0.05, 0.1) is 24.8 Å². The summed E-state index contributed by atoms with van der Waals surface area (Å²) in [6.45, 7) is 3.37. The van der Waals surface area contributed by atoms with E-state index in [1.54, 1.807) is 12.3 Å². The number of nitrogens with zero attached hydrogens (tertiary/aromatic N) is 3. The van der Waals surface area contributed by atoms with E-state index in [2.05, 4.69) is 19.9 Å². The van der Waals surface area contributed by atoms with Gasteiger partial charge in [0.15, 0.2) is 0 Å². The standard InChI is InChI=1S/C15H18N4O2/c1-2-21-14-5-3-4-11(17-14)10-13(20)18-12-6-8-19-9-7-16-15(12)19/h3-5,7,9,12H,2,6,8,10H2,1H3,(H,18,20). The Hall–Kier alpha value is -2.37. The molecule has 6 heteroatoms. The van der Waals surface area contributed by atoms with Crippen molar-refractivity contribution in [3.63, 3.8) is 0 Å². The lowest BCUT2D eigenvalue weighted by atomic mass is 10.2. The van der Waals surface area contributed by atoms with E-state index in [9.17, 15) is 4.79 Å². The minimum absolute atomic E-state index is 0.00238. The number of rotatable bonds is 5. The Morgan fingerprint density at radius 2 is 2.43 bits per heavy atom. The molecule has 21 heavy (non-hydrogen) atoms. The van der Waals surface area contributed by atoms with E-state index in [1.165, 1.54) is 0 Å². The van der Waals surface area contributed by atoms with Crippen LogP contribution in [0.2, 0.25) is 0 Å². The molecule has 1 N–H and O–H groups in total. The molecule has 1 unspecified atom stereocenters. The highest BCUT2D eigenvalue weighted by atomic mass is 16.5. The predicted octanol–water partition coefficient (Wildman–Crippen LogP) is 1.48. The smallest absolute Gasteiger partial charge is 0.226 e. The monoisotopic (exact) mass is 286 g/mol. The number of carbonyl (C=O) groups is 1. The molecule has 3 rings (SSSR count). The number of hydrogen-bond donors (Lipinski definition) is 1. The molecule has 0 fully saturated rings. The number of ether oxygens (including phenoxy) is 1. The van der Waals surface area contributed by atoms with Gasteiger partial charge in [0.1, 0.15) is 5.82 Å². The Morgan fingerprint density at radius 3 is 3.29 bits per heavy atom. The third-order valence-electron chi connectivity index (χ3n) is 3.47. The first-order valence-electron chi connectivity index (χ1n) is 7.15. The lowest BCUT2D eigenvalue weighted by Gasteiger charge is -2.11. The van der Waals surface area contributed by atoms with Crippen molar-refractivity contribution in [3.8, 4) is 5.88 Å². The molecule has 1 aliphatic rings. The van der Waals surface area contributed by atoms with Crippen LogP contribution < -0.4 is 10.1 Å². The first kappa shape index (κ1) is 13.6. The fourth-order valence-corrected chi connectivity index (χ4v) is 2.55. The van der Waals surface area contributed by atoms with E-state index >= 15 is 0 Å². The topological polar surface area (TPSA) is 69.0 Å². The Kier molecular flexibility index (Phi) is 3.85. The number of pyridine rings is 1. The van der Waals surface area contributed by atoms with Crippen molar-refractivity contribution in [1.29, 1.82) is 0 Å². The van der Waals surface area contributed by atoms with Crippen molar-refractivity contribution in [2.45, 2.75) is 32.4 Å². The predicted molar refractivity (Wildman–Crippen MR) is 76.8 cm³/mol. The Morgan fingerprint density at radius 1 is 1.52 bits per heavy atom. The third kappa shape index (κ3) is 3.04. The summed E-state index contributed by atoms with van der Waals surface area (Å²) in [6, 6.07) is 5.47. The summed E-state index contributed by atoms with van der Waals surface area (Å²) in [6.07, 6.45) is 4.84. The second-order valence-corrected chi connectivity index (χ2v) is 4.96.